The lowest BCUT2D eigenvalue weighted by Crippen LogP contribution is -2.38. The summed E-state index contributed by atoms with van der Waals surface area (Å²) >= 11 is 0. The maximum atomic E-state index is 11.0. The number of nitrogens with zero attached hydrogens (tertiary/aromatic N) is 1. The van der Waals surface area contributed by atoms with Crippen LogP contribution >= 0.6 is 0 Å². The molecule has 0 atom stereocenters. The van der Waals surface area contributed by atoms with Gasteiger partial charge < -0.3 is 16.0 Å². The van der Waals surface area contributed by atoms with Crippen LogP contribution in [0.5, 0.6) is 0 Å². The van der Waals surface area contributed by atoms with Gasteiger partial charge in [0.05, 0.1) is 6.54 Å². The number of rotatable bonds is 5. The average molecular weight is 274 g/mol. The second-order valence-electron chi connectivity index (χ2n) is 5.00. The second-order valence-corrected chi connectivity index (χ2v) is 5.00. The number of nitrogens with one attached hydrogen (secondary N) is 3. The fourth-order valence-electron chi connectivity index (χ4n) is 1.86. The van der Waals surface area contributed by atoms with Crippen LogP contribution in [-0.4, -0.2) is 24.5 Å². The molecule has 0 unspecified atom stereocenters. The van der Waals surface area contributed by atoms with E-state index in [0.717, 1.165) is 23.8 Å². The third-order valence-electron chi connectivity index (χ3n) is 2.93. The van der Waals surface area contributed by atoms with Gasteiger partial charge in [0.1, 0.15) is 0 Å². The van der Waals surface area contributed by atoms with E-state index in [-0.39, 0.29) is 5.91 Å². The van der Waals surface area contributed by atoms with Crippen molar-refractivity contribution in [3.05, 3.63) is 29.8 Å². The van der Waals surface area contributed by atoms with E-state index in [1.165, 1.54) is 19.8 Å². The summed E-state index contributed by atoms with van der Waals surface area (Å²) in [5.41, 5.74) is 1.88. The van der Waals surface area contributed by atoms with Crippen molar-refractivity contribution in [1.29, 1.82) is 0 Å². The predicted molar refractivity (Wildman–Crippen MR) is 81.7 cm³/mol. The summed E-state index contributed by atoms with van der Waals surface area (Å²) < 4.78 is 0. The van der Waals surface area contributed by atoms with Gasteiger partial charge in [-0.1, -0.05) is 12.1 Å². The van der Waals surface area contributed by atoms with Gasteiger partial charge in [-0.05, 0) is 37.5 Å². The van der Waals surface area contributed by atoms with Crippen molar-refractivity contribution in [2.45, 2.75) is 39.3 Å². The van der Waals surface area contributed by atoms with Crippen LogP contribution in [0.1, 0.15) is 32.3 Å². The molecule has 1 amide bonds. The van der Waals surface area contributed by atoms with E-state index in [1.807, 2.05) is 24.3 Å². The average Bonchev–Trinajstić information content (AvgIpc) is 3.20. The molecule has 20 heavy (non-hydrogen) atoms. The summed E-state index contributed by atoms with van der Waals surface area (Å²) in [5, 5.41) is 9.40. The normalized spacial score (nSPS) is 14.8. The molecule has 5 nitrogen and oxygen atoms in total. The monoisotopic (exact) mass is 274 g/mol. The molecule has 0 bridgehead atoms. The first-order valence-corrected chi connectivity index (χ1v) is 7.08. The lowest BCUT2D eigenvalue weighted by molar-refractivity contribution is -0.114. The molecule has 108 valence electrons. The van der Waals surface area contributed by atoms with E-state index in [1.54, 1.807) is 0 Å². The minimum Gasteiger partial charge on any atom is -0.357 e. The summed E-state index contributed by atoms with van der Waals surface area (Å²) in [7, 11) is 0. The van der Waals surface area contributed by atoms with Crippen molar-refractivity contribution in [3.8, 4) is 0 Å². The summed E-state index contributed by atoms with van der Waals surface area (Å²) in [6, 6.07) is 8.35. The van der Waals surface area contributed by atoms with Crippen molar-refractivity contribution in [2.75, 3.05) is 11.9 Å². The number of carbonyl (C=O) groups is 1. The predicted octanol–water partition coefficient (Wildman–Crippen LogP) is 1.86. The van der Waals surface area contributed by atoms with Gasteiger partial charge in [0.2, 0.25) is 5.91 Å². The first kappa shape index (κ1) is 14.4. The molecule has 0 saturated heterocycles. The molecule has 0 aliphatic heterocycles. The molecule has 1 aromatic rings. The van der Waals surface area contributed by atoms with Crippen LogP contribution < -0.4 is 16.0 Å². The molecular weight excluding hydrogens is 252 g/mol. The summed E-state index contributed by atoms with van der Waals surface area (Å²) in [4.78, 5) is 15.6. The molecule has 0 spiro atoms. The van der Waals surface area contributed by atoms with E-state index in [0.29, 0.717) is 12.6 Å². The highest BCUT2D eigenvalue weighted by Crippen LogP contribution is 2.18. The number of anilines is 1. The van der Waals surface area contributed by atoms with E-state index in [9.17, 15) is 4.79 Å². The molecule has 1 aromatic carbocycles. The molecular formula is C15H22N4O. The number of guanidine groups is 1. The minimum absolute atomic E-state index is 0.0607. The first-order chi connectivity index (χ1) is 9.67. The SMILES string of the molecule is CCNC(=NCc1cccc(NC(C)=O)c1)NC1CC1. The van der Waals surface area contributed by atoms with Crippen LogP contribution in [0.4, 0.5) is 5.69 Å². The topological polar surface area (TPSA) is 65.5 Å². The van der Waals surface area contributed by atoms with Gasteiger partial charge in [-0.2, -0.15) is 0 Å². The Hall–Kier alpha value is -2.04. The molecule has 1 aliphatic carbocycles. The van der Waals surface area contributed by atoms with Gasteiger partial charge in [-0.3, -0.25) is 4.79 Å². The van der Waals surface area contributed by atoms with Crippen molar-refractivity contribution in [3.63, 3.8) is 0 Å². The first-order valence-electron chi connectivity index (χ1n) is 7.08. The maximum Gasteiger partial charge on any atom is 0.221 e. The lowest BCUT2D eigenvalue weighted by atomic mass is 10.2. The number of hydrogen-bond donors (Lipinski definition) is 3. The zero-order valence-electron chi connectivity index (χ0n) is 12.1. The minimum atomic E-state index is -0.0607. The Kier molecular flexibility index (Phi) is 4.98. The van der Waals surface area contributed by atoms with Crippen LogP contribution in [0.2, 0.25) is 0 Å². The summed E-state index contributed by atoms with van der Waals surface area (Å²) in [6.07, 6.45) is 2.45. The highest BCUT2D eigenvalue weighted by molar-refractivity contribution is 5.88. The molecule has 0 radical (unpaired) electrons. The molecule has 1 saturated carbocycles. The van der Waals surface area contributed by atoms with Crippen LogP contribution in [0, 0.1) is 0 Å². The molecule has 2 rings (SSSR count). The van der Waals surface area contributed by atoms with Crippen molar-refractivity contribution < 1.29 is 4.79 Å². The zero-order chi connectivity index (χ0) is 14.4. The number of amides is 1. The van der Waals surface area contributed by atoms with Gasteiger partial charge in [0.25, 0.3) is 0 Å². The number of aliphatic imine (C=N–C) groups is 1. The van der Waals surface area contributed by atoms with E-state index in [2.05, 4.69) is 27.9 Å². The van der Waals surface area contributed by atoms with Gasteiger partial charge in [0.15, 0.2) is 5.96 Å². The largest absolute Gasteiger partial charge is 0.357 e. The van der Waals surface area contributed by atoms with Crippen LogP contribution in [0.15, 0.2) is 29.3 Å². The van der Waals surface area contributed by atoms with E-state index in [4.69, 9.17) is 0 Å². The Morgan fingerprint density at radius 2 is 2.20 bits per heavy atom. The smallest absolute Gasteiger partial charge is 0.221 e. The Balaban J connectivity index is 1.97. The third kappa shape index (κ3) is 4.91. The highest BCUT2D eigenvalue weighted by atomic mass is 16.1. The Morgan fingerprint density at radius 1 is 1.40 bits per heavy atom. The highest BCUT2D eigenvalue weighted by Gasteiger charge is 2.21. The molecule has 0 aromatic heterocycles. The molecule has 0 heterocycles. The van der Waals surface area contributed by atoms with E-state index >= 15 is 0 Å². The Bertz CT molecular complexity index is 494. The van der Waals surface area contributed by atoms with Crippen molar-refractivity contribution >= 4 is 17.6 Å². The van der Waals surface area contributed by atoms with E-state index < -0.39 is 0 Å². The summed E-state index contributed by atoms with van der Waals surface area (Å²) in [5.74, 6) is 0.800. The third-order valence-corrected chi connectivity index (χ3v) is 2.93. The fourth-order valence-corrected chi connectivity index (χ4v) is 1.86. The van der Waals surface area contributed by atoms with Crippen LogP contribution in [-0.2, 0) is 11.3 Å². The molecule has 3 N–H and O–H groups in total. The van der Waals surface area contributed by atoms with Gasteiger partial charge in [0, 0.05) is 25.2 Å². The number of hydrogen-bond acceptors (Lipinski definition) is 2. The van der Waals surface area contributed by atoms with Crippen LogP contribution in [0.3, 0.4) is 0 Å². The van der Waals surface area contributed by atoms with Crippen LogP contribution in [0.25, 0.3) is 0 Å². The summed E-state index contributed by atoms with van der Waals surface area (Å²) in [6.45, 7) is 5.01. The van der Waals surface area contributed by atoms with Gasteiger partial charge in [-0.15, -0.1) is 0 Å². The second kappa shape index (κ2) is 6.93. The maximum absolute atomic E-state index is 11.0. The molecule has 1 aliphatic rings. The van der Waals surface area contributed by atoms with Gasteiger partial charge >= 0.3 is 0 Å². The van der Waals surface area contributed by atoms with Crippen molar-refractivity contribution in [2.24, 2.45) is 4.99 Å². The fraction of sp³-hybridized carbons (Fsp3) is 0.467. The molecule has 5 heteroatoms. The Morgan fingerprint density at radius 3 is 2.85 bits per heavy atom. The standard InChI is InChI=1S/C15H22N4O/c1-3-16-15(19-13-7-8-13)17-10-12-5-4-6-14(9-12)18-11(2)20/h4-6,9,13H,3,7-8,10H2,1-2H3,(H,18,20)(H2,16,17,19). The Labute approximate surface area is 119 Å². The van der Waals surface area contributed by atoms with Crippen molar-refractivity contribution in [1.82, 2.24) is 10.6 Å². The lowest BCUT2D eigenvalue weighted by Gasteiger charge is -2.10. The van der Waals surface area contributed by atoms with Gasteiger partial charge in [-0.25, -0.2) is 4.99 Å². The molecule has 1 fully saturated rings. The number of benzene rings is 1. The quantitative estimate of drug-likeness (QED) is 0.567. The number of carbonyl (C=O) groups excluding carboxylic acids is 1. The zero-order valence-corrected chi connectivity index (χ0v) is 12.1.